The minimum absolute atomic E-state index is 0.0824. The first kappa shape index (κ1) is 23.5. The molecule has 0 bridgehead atoms. The van der Waals surface area contributed by atoms with Crippen LogP contribution in [0.25, 0.3) is 10.9 Å². The summed E-state index contributed by atoms with van der Waals surface area (Å²) >= 11 is 0. The second-order valence-corrected chi connectivity index (χ2v) is 7.78. The van der Waals surface area contributed by atoms with E-state index in [2.05, 4.69) is 15.3 Å². The molecule has 3 rings (SSSR count). The number of aliphatic carboxylic acids is 1. The zero-order valence-corrected chi connectivity index (χ0v) is 18.3. The minimum atomic E-state index is -1.24. The third kappa shape index (κ3) is 5.94. The van der Waals surface area contributed by atoms with Crippen LogP contribution in [0.4, 0.5) is 5.69 Å². The smallest absolute Gasteiger partial charge is 0.326 e. The summed E-state index contributed by atoms with van der Waals surface area (Å²) in [5.41, 5.74) is 7.53. The Balaban J connectivity index is 1.68. The molecule has 0 saturated carbocycles. The quantitative estimate of drug-likeness (QED) is 0.382. The molecule has 0 saturated heterocycles. The summed E-state index contributed by atoms with van der Waals surface area (Å²) in [7, 11) is 1.88. The Morgan fingerprint density at radius 2 is 1.88 bits per heavy atom. The lowest BCUT2D eigenvalue weighted by Gasteiger charge is -2.20. The van der Waals surface area contributed by atoms with Crippen molar-refractivity contribution < 1.29 is 19.5 Å². The monoisotopic (exact) mass is 451 g/mol. The van der Waals surface area contributed by atoms with Crippen LogP contribution in [0, 0.1) is 6.92 Å². The van der Waals surface area contributed by atoms with Gasteiger partial charge in [0.25, 0.3) is 11.5 Å². The van der Waals surface area contributed by atoms with Crippen molar-refractivity contribution >= 4 is 34.4 Å². The lowest BCUT2D eigenvalue weighted by molar-refractivity contribution is -0.139. The highest BCUT2D eigenvalue weighted by Crippen LogP contribution is 2.18. The second kappa shape index (κ2) is 9.94. The molecule has 172 valence electrons. The average Bonchev–Trinajstić information content (AvgIpc) is 2.76. The maximum Gasteiger partial charge on any atom is 0.326 e. The number of anilines is 1. The lowest BCUT2D eigenvalue weighted by Crippen LogP contribution is -2.41. The Morgan fingerprint density at radius 1 is 1.18 bits per heavy atom. The van der Waals surface area contributed by atoms with Crippen molar-refractivity contribution in [2.45, 2.75) is 32.4 Å². The van der Waals surface area contributed by atoms with E-state index in [1.54, 1.807) is 37.3 Å². The topological polar surface area (TPSA) is 158 Å². The molecule has 5 N–H and O–H groups in total. The number of benzene rings is 2. The number of nitrogens with one attached hydrogen (secondary N) is 2. The van der Waals surface area contributed by atoms with Crippen molar-refractivity contribution in [1.82, 2.24) is 15.3 Å². The van der Waals surface area contributed by atoms with Gasteiger partial charge < -0.3 is 26.0 Å². The number of amides is 2. The number of aromatic amines is 1. The van der Waals surface area contributed by atoms with Gasteiger partial charge in [-0.2, -0.15) is 0 Å². The summed E-state index contributed by atoms with van der Waals surface area (Å²) < 4.78 is 0. The predicted octanol–water partition coefficient (Wildman–Crippen LogP) is 1.32. The highest BCUT2D eigenvalue weighted by atomic mass is 16.4. The van der Waals surface area contributed by atoms with Gasteiger partial charge in [0.15, 0.2) is 0 Å². The molecule has 0 unspecified atom stereocenters. The number of aromatic nitrogens is 2. The molecule has 0 spiro atoms. The van der Waals surface area contributed by atoms with Gasteiger partial charge in [0.2, 0.25) is 5.91 Å². The second-order valence-electron chi connectivity index (χ2n) is 7.78. The molecule has 0 aliphatic rings. The molecule has 1 heterocycles. The van der Waals surface area contributed by atoms with Crippen molar-refractivity contribution in [3.63, 3.8) is 0 Å². The van der Waals surface area contributed by atoms with Crippen LogP contribution < -0.4 is 21.5 Å². The fourth-order valence-electron chi connectivity index (χ4n) is 3.42. The van der Waals surface area contributed by atoms with E-state index in [-0.39, 0.29) is 24.0 Å². The predicted molar refractivity (Wildman–Crippen MR) is 123 cm³/mol. The Labute approximate surface area is 189 Å². The van der Waals surface area contributed by atoms with Crippen LogP contribution in [-0.2, 0) is 16.1 Å². The first-order valence-electron chi connectivity index (χ1n) is 10.3. The number of primary amides is 1. The number of carboxylic acid groups (broad SMARTS) is 1. The number of carbonyl (C=O) groups excluding carboxylic acids is 2. The number of aryl methyl sites for hydroxylation is 1. The highest BCUT2D eigenvalue weighted by Gasteiger charge is 2.21. The van der Waals surface area contributed by atoms with Crippen molar-refractivity contribution in [2.24, 2.45) is 5.73 Å². The van der Waals surface area contributed by atoms with Gasteiger partial charge in [-0.3, -0.25) is 14.4 Å². The van der Waals surface area contributed by atoms with E-state index >= 15 is 0 Å². The van der Waals surface area contributed by atoms with E-state index in [9.17, 15) is 24.3 Å². The van der Waals surface area contributed by atoms with E-state index < -0.39 is 23.8 Å². The summed E-state index contributed by atoms with van der Waals surface area (Å²) in [5, 5.41) is 12.2. The SMILES string of the molecule is Cc1nc2ccc(CN(C)c3ccc(C(=O)N[C@@H](CCC(N)=O)C(=O)O)cc3)cc2c(=O)[nH]1. The van der Waals surface area contributed by atoms with Crippen molar-refractivity contribution in [3.8, 4) is 0 Å². The normalized spacial score (nSPS) is 11.7. The molecule has 10 nitrogen and oxygen atoms in total. The van der Waals surface area contributed by atoms with Crippen LogP contribution >= 0.6 is 0 Å². The number of H-pyrrole nitrogens is 1. The number of nitrogens with two attached hydrogens (primary N) is 1. The van der Waals surface area contributed by atoms with Gasteiger partial charge in [0.05, 0.1) is 10.9 Å². The fraction of sp³-hybridized carbons (Fsp3) is 0.261. The third-order valence-corrected chi connectivity index (χ3v) is 5.16. The maximum absolute atomic E-state index is 12.4. The van der Waals surface area contributed by atoms with Gasteiger partial charge in [-0.25, -0.2) is 9.78 Å². The van der Waals surface area contributed by atoms with Crippen LogP contribution in [0.3, 0.4) is 0 Å². The molecule has 2 aromatic carbocycles. The summed E-state index contributed by atoms with van der Waals surface area (Å²) in [5.74, 6) is -1.87. The molecule has 0 aliphatic heterocycles. The number of fused-ring (bicyclic) bond motifs is 1. The van der Waals surface area contributed by atoms with Crippen LogP contribution in [-0.4, -0.2) is 45.9 Å². The minimum Gasteiger partial charge on any atom is -0.480 e. The van der Waals surface area contributed by atoms with Crippen LogP contribution in [0.1, 0.15) is 34.6 Å². The van der Waals surface area contributed by atoms with E-state index in [4.69, 9.17) is 5.73 Å². The van der Waals surface area contributed by atoms with Gasteiger partial charge >= 0.3 is 5.97 Å². The number of carbonyl (C=O) groups is 3. The van der Waals surface area contributed by atoms with Crippen molar-refractivity contribution in [3.05, 3.63) is 69.8 Å². The number of hydrogen-bond acceptors (Lipinski definition) is 6. The molecular weight excluding hydrogens is 426 g/mol. The molecule has 0 aliphatic carbocycles. The Hall–Kier alpha value is -4.21. The Morgan fingerprint density at radius 3 is 2.52 bits per heavy atom. The highest BCUT2D eigenvalue weighted by molar-refractivity contribution is 5.97. The summed E-state index contributed by atoms with van der Waals surface area (Å²) in [6.07, 6.45) is -0.224. The average molecular weight is 451 g/mol. The number of rotatable bonds is 9. The Kier molecular flexibility index (Phi) is 7.07. The van der Waals surface area contributed by atoms with Crippen LogP contribution in [0.15, 0.2) is 47.3 Å². The van der Waals surface area contributed by atoms with Gasteiger partial charge in [-0.15, -0.1) is 0 Å². The van der Waals surface area contributed by atoms with Crippen molar-refractivity contribution in [1.29, 1.82) is 0 Å². The zero-order chi connectivity index (χ0) is 24.1. The molecule has 33 heavy (non-hydrogen) atoms. The maximum atomic E-state index is 12.4. The number of carboxylic acids is 1. The lowest BCUT2D eigenvalue weighted by atomic mass is 10.1. The van der Waals surface area contributed by atoms with E-state index in [1.165, 1.54) is 0 Å². The van der Waals surface area contributed by atoms with E-state index in [0.717, 1.165) is 11.3 Å². The molecular formula is C23H25N5O5. The van der Waals surface area contributed by atoms with Crippen molar-refractivity contribution in [2.75, 3.05) is 11.9 Å². The van der Waals surface area contributed by atoms with E-state index in [1.807, 2.05) is 24.1 Å². The molecule has 2 amide bonds. The van der Waals surface area contributed by atoms with Gasteiger partial charge in [-0.05, 0) is 55.3 Å². The third-order valence-electron chi connectivity index (χ3n) is 5.16. The molecule has 1 atom stereocenters. The molecule has 3 aromatic rings. The first-order valence-corrected chi connectivity index (χ1v) is 10.3. The first-order chi connectivity index (χ1) is 15.6. The summed E-state index contributed by atoms with van der Waals surface area (Å²) in [6.45, 7) is 2.25. The molecule has 1 aromatic heterocycles. The molecule has 10 heteroatoms. The van der Waals surface area contributed by atoms with Crippen LogP contribution in [0.2, 0.25) is 0 Å². The summed E-state index contributed by atoms with van der Waals surface area (Å²) in [6, 6.07) is 11.0. The number of hydrogen-bond donors (Lipinski definition) is 4. The summed E-state index contributed by atoms with van der Waals surface area (Å²) in [4.78, 5) is 55.8. The van der Waals surface area contributed by atoms with E-state index in [0.29, 0.717) is 23.3 Å². The van der Waals surface area contributed by atoms with Gasteiger partial charge in [0, 0.05) is 31.3 Å². The van der Waals surface area contributed by atoms with Crippen LogP contribution in [0.5, 0.6) is 0 Å². The molecule has 0 fully saturated rings. The number of nitrogens with zero attached hydrogens (tertiary/aromatic N) is 2. The molecule has 0 radical (unpaired) electrons. The van der Waals surface area contributed by atoms with Gasteiger partial charge in [0.1, 0.15) is 11.9 Å². The largest absolute Gasteiger partial charge is 0.480 e. The standard InChI is InChI=1S/C23H25N5O5/c1-13-25-18-8-3-14(11-17(18)22(31)26-13)12-28(2)16-6-4-15(5-7-16)21(30)27-19(23(32)33)9-10-20(24)29/h3-8,11,19H,9-10,12H2,1-2H3,(H2,24,29)(H,27,30)(H,32,33)(H,25,26,31)/t19-/m0/s1. The zero-order valence-electron chi connectivity index (χ0n) is 18.3. The van der Waals surface area contributed by atoms with Gasteiger partial charge in [-0.1, -0.05) is 6.07 Å². The fourth-order valence-corrected chi connectivity index (χ4v) is 3.42. The Bertz CT molecular complexity index is 1250.